The molecular weight excluding hydrogens is 358 g/mol. The summed E-state index contributed by atoms with van der Waals surface area (Å²) in [7, 11) is -3.83. The Balaban J connectivity index is 1.73. The van der Waals surface area contributed by atoms with Crippen LogP contribution in [0.3, 0.4) is 0 Å². The van der Waals surface area contributed by atoms with Gasteiger partial charge in [-0.05, 0) is 48.7 Å². The van der Waals surface area contributed by atoms with Crippen molar-refractivity contribution in [3.8, 4) is 0 Å². The van der Waals surface area contributed by atoms with E-state index < -0.39 is 10.0 Å². The Morgan fingerprint density at radius 2 is 1.92 bits per heavy atom. The van der Waals surface area contributed by atoms with Gasteiger partial charge in [-0.15, -0.1) is 0 Å². The summed E-state index contributed by atoms with van der Waals surface area (Å²) >= 11 is 1.14. The molecule has 8 heteroatoms. The number of aromatic nitrogens is 1. The summed E-state index contributed by atoms with van der Waals surface area (Å²) in [6.07, 6.45) is 1.49. The lowest BCUT2D eigenvalue weighted by molar-refractivity contribution is 0.102. The maximum atomic E-state index is 12.2. The topological polar surface area (TPSA) is 90.2 Å². The Labute approximate surface area is 149 Å². The van der Waals surface area contributed by atoms with Crippen molar-refractivity contribution < 1.29 is 13.2 Å². The van der Waals surface area contributed by atoms with Crippen LogP contribution >= 0.6 is 11.3 Å². The van der Waals surface area contributed by atoms with Gasteiger partial charge in [0.25, 0.3) is 5.91 Å². The van der Waals surface area contributed by atoms with Gasteiger partial charge in [-0.1, -0.05) is 23.9 Å². The first kappa shape index (κ1) is 17.1. The molecule has 3 rings (SSSR count). The van der Waals surface area contributed by atoms with Crippen LogP contribution in [0, 0.1) is 6.92 Å². The molecule has 0 atom stereocenters. The molecule has 0 aliphatic rings. The van der Waals surface area contributed by atoms with Crippen LogP contribution in [-0.4, -0.2) is 19.3 Å². The van der Waals surface area contributed by atoms with Crippen LogP contribution < -0.4 is 5.32 Å². The molecule has 25 heavy (non-hydrogen) atoms. The summed E-state index contributed by atoms with van der Waals surface area (Å²) < 4.78 is 28.1. The molecule has 2 aromatic carbocycles. The van der Waals surface area contributed by atoms with Crippen LogP contribution in [-0.2, 0) is 10.0 Å². The molecule has 1 N–H and O–H groups in total. The molecule has 3 aromatic rings. The fourth-order valence-corrected chi connectivity index (χ4v) is 3.79. The number of carbonyl (C=O) groups excluding carboxylic acids is 1. The van der Waals surface area contributed by atoms with Crippen LogP contribution in [0.1, 0.15) is 15.9 Å². The molecule has 6 nitrogen and oxygen atoms in total. The van der Waals surface area contributed by atoms with Gasteiger partial charge in [0, 0.05) is 16.4 Å². The van der Waals surface area contributed by atoms with E-state index >= 15 is 0 Å². The smallest absolute Gasteiger partial charge is 0.255 e. The fourth-order valence-electron chi connectivity index (χ4n) is 2.12. The summed E-state index contributed by atoms with van der Waals surface area (Å²) in [5.74, 6) is -0.258. The van der Waals surface area contributed by atoms with E-state index in [1.54, 1.807) is 23.6 Å². The van der Waals surface area contributed by atoms with E-state index in [0.29, 0.717) is 11.3 Å². The zero-order chi connectivity index (χ0) is 17.9. The molecule has 0 radical (unpaired) electrons. The summed E-state index contributed by atoms with van der Waals surface area (Å²) in [5.41, 5.74) is 2.02. The van der Waals surface area contributed by atoms with E-state index in [4.69, 9.17) is 0 Å². The van der Waals surface area contributed by atoms with Crippen molar-refractivity contribution in [2.45, 2.75) is 11.8 Å². The number of sulfonamides is 1. The van der Waals surface area contributed by atoms with Crippen LogP contribution in [0.25, 0.3) is 4.72 Å². The number of hydrogen-bond donors (Lipinski definition) is 1. The number of carbonyl (C=O) groups is 1. The quantitative estimate of drug-likeness (QED) is 0.730. The SMILES string of the molecule is Cc1cccc(C(=O)Nc2ccc(S(=O)(=O)[N-]c3nccs3)cc2)c1. The second-order valence-electron chi connectivity index (χ2n) is 5.23. The summed E-state index contributed by atoms with van der Waals surface area (Å²) in [6.45, 7) is 1.91. The molecule has 0 fully saturated rings. The van der Waals surface area contributed by atoms with Gasteiger partial charge >= 0.3 is 0 Å². The van der Waals surface area contributed by atoms with Gasteiger partial charge in [0.1, 0.15) is 0 Å². The molecule has 0 saturated heterocycles. The predicted octanol–water partition coefficient (Wildman–Crippen LogP) is 4.10. The Kier molecular flexibility index (Phi) is 4.82. The number of amides is 1. The number of thiazole rings is 1. The van der Waals surface area contributed by atoms with E-state index in [2.05, 4.69) is 15.0 Å². The predicted molar refractivity (Wildman–Crippen MR) is 97.9 cm³/mol. The Morgan fingerprint density at radius 1 is 1.16 bits per heavy atom. The molecule has 0 spiro atoms. The highest BCUT2D eigenvalue weighted by Gasteiger charge is 2.11. The second-order valence-corrected chi connectivity index (χ2v) is 7.71. The number of hydrogen-bond acceptors (Lipinski definition) is 5. The molecule has 1 heterocycles. The van der Waals surface area contributed by atoms with E-state index in [9.17, 15) is 13.2 Å². The highest BCUT2D eigenvalue weighted by molar-refractivity contribution is 7.94. The van der Waals surface area contributed by atoms with Crippen molar-refractivity contribution in [1.29, 1.82) is 0 Å². The van der Waals surface area contributed by atoms with Crippen molar-refractivity contribution in [3.05, 3.63) is 76.0 Å². The van der Waals surface area contributed by atoms with Crippen LogP contribution in [0.15, 0.2) is 65.0 Å². The van der Waals surface area contributed by atoms with Crippen molar-refractivity contribution in [3.63, 3.8) is 0 Å². The van der Waals surface area contributed by atoms with E-state index in [1.807, 2.05) is 13.0 Å². The average Bonchev–Trinajstić information content (AvgIpc) is 3.07. The van der Waals surface area contributed by atoms with Crippen LogP contribution in [0.4, 0.5) is 10.8 Å². The molecule has 0 unspecified atom stereocenters. The maximum Gasteiger partial charge on any atom is 0.255 e. The minimum absolute atomic E-state index is 0.0382. The lowest BCUT2D eigenvalue weighted by atomic mass is 10.1. The summed E-state index contributed by atoms with van der Waals surface area (Å²) in [6, 6.07) is 13.1. The van der Waals surface area contributed by atoms with E-state index in [-0.39, 0.29) is 15.9 Å². The molecule has 128 valence electrons. The van der Waals surface area contributed by atoms with Gasteiger partial charge in [0.15, 0.2) is 0 Å². The first-order chi connectivity index (χ1) is 11.9. The van der Waals surface area contributed by atoms with Crippen LogP contribution in [0.2, 0.25) is 0 Å². The first-order valence-corrected chi connectivity index (χ1v) is 9.62. The maximum absolute atomic E-state index is 12.2. The summed E-state index contributed by atoms with van der Waals surface area (Å²) in [4.78, 5) is 16.1. The van der Waals surface area contributed by atoms with Gasteiger partial charge < -0.3 is 15.0 Å². The normalized spacial score (nSPS) is 11.1. The number of benzene rings is 2. The number of nitrogens with zero attached hydrogens (tertiary/aromatic N) is 2. The van der Waals surface area contributed by atoms with Gasteiger partial charge in [0.05, 0.1) is 4.90 Å². The monoisotopic (exact) mass is 372 g/mol. The zero-order valence-electron chi connectivity index (χ0n) is 13.2. The van der Waals surface area contributed by atoms with Gasteiger partial charge in [-0.2, -0.15) is 11.3 Å². The third-order valence-corrected chi connectivity index (χ3v) is 5.37. The van der Waals surface area contributed by atoms with Gasteiger partial charge in [0.2, 0.25) is 10.0 Å². The van der Waals surface area contributed by atoms with Gasteiger partial charge in [-0.3, -0.25) is 4.79 Å². The third kappa shape index (κ3) is 4.23. The molecule has 0 aliphatic carbocycles. The standard InChI is InChI=1S/C17H15N3O3S2/c1-12-3-2-4-13(11-12)16(21)19-14-5-7-15(8-6-14)25(22,23)20-17-18-9-10-24-17/h2-11H,1H3,(H2,18,19,20,21)/p-1. The van der Waals surface area contributed by atoms with E-state index in [0.717, 1.165) is 16.9 Å². The average molecular weight is 372 g/mol. The molecule has 0 bridgehead atoms. The molecule has 1 aromatic heterocycles. The number of rotatable bonds is 5. The number of aryl methyl sites for hydroxylation is 1. The molecule has 0 aliphatic heterocycles. The molecule has 1 amide bonds. The lowest BCUT2D eigenvalue weighted by Gasteiger charge is -2.12. The third-order valence-electron chi connectivity index (χ3n) is 3.31. The van der Waals surface area contributed by atoms with E-state index in [1.165, 1.54) is 30.5 Å². The fraction of sp³-hybridized carbons (Fsp3) is 0.0588. The zero-order valence-corrected chi connectivity index (χ0v) is 14.8. The van der Waals surface area contributed by atoms with Crippen molar-refractivity contribution in [2.75, 3.05) is 5.32 Å². The second kappa shape index (κ2) is 7.04. The molecule has 0 saturated carbocycles. The van der Waals surface area contributed by atoms with Crippen LogP contribution in [0.5, 0.6) is 0 Å². The first-order valence-electron chi connectivity index (χ1n) is 7.30. The number of anilines is 1. The lowest BCUT2D eigenvalue weighted by Crippen LogP contribution is -2.12. The highest BCUT2D eigenvalue weighted by Crippen LogP contribution is 2.29. The molecular formula is C17H14N3O3S2-. The summed E-state index contributed by atoms with van der Waals surface area (Å²) in [5, 5.41) is 4.56. The van der Waals surface area contributed by atoms with Gasteiger partial charge in [-0.25, -0.2) is 8.42 Å². The van der Waals surface area contributed by atoms with Crippen molar-refractivity contribution in [1.82, 2.24) is 4.98 Å². The minimum atomic E-state index is -3.83. The largest absolute Gasteiger partial charge is 0.433 e. The Morgan fingerprint density at radius 3 is 2.56 bits per heavy atom. The van der Waals surface area contributed by atoms with Crippen molar-refractivity contribution >= 4 is 38.1 Å². The highest BCUT2D eigenvalue weighted by atomic mass is 32.2. The Bertz CT molecular complexity index is 982. The number of nitrogens with one attached hydrogen (secondary N) is 1. The minimum Gasteiger partial charge on any atom is -0.433 e. The van der Waals surface area contributed by atoms with Crippen molar-refractivity contribution in [2.24, 2.45) is 0 Å². The Hall–Kier alpha value is -2.71.